The molecule has 2 saturated carbocycles. The third-order valence-electron chi connectivity index (χ3n) is 12.1. The molecule has 6 nitrogen and oxygen atoms in total. The van der Waals surface area contributed by atoms with Crippen LogP contribution in [-0.2, 0) is 17.6 Å². The van der Waals surface area contributed by atoms with E-state index in [9.17, 15) is 18.7 Å². The number of aromatic nitrogens is 4. The van der Waals surface area contributed by atoms with E-state index in [1.165, 1.54) is 46.9 Å². The van der Waals surface area contributed by atoms with Crippen molar-refractivity contribution < 1.29 is 37.5 Å². The molecule has 2 aromatic heterocycles. The van der Waals surface area contributed by atoms with Gasteiger partial charge in [0.1, 0.15) is 17.9 Å². The average molecular weight is 786 g/mol. The van der Waals surface area contributed by atoms with Gasteiger partial charge in [0, 0.05) is 19.7 Å². The van der Waals surface area contributed by atoms with Crippen LogP contribution < -0.4 is 18.9 Å². The van der Waals surface area contributed by atoms with Gasteiger partial charge >= 0.3 is 18.9 Å². The molecule has 1 N–H and O–H groups in total. The number of rotatable bonds is 4. The van der Waals surface area contributed by atoms with E-state index in [0.29, 0.717) is 0 Å². The quantitative estimate of drug-likeness (QED) is 0.128. The minimum absolute atomic E-state index is 0. The topological polar surface area (TPSA) is 72.9 Å². The number of aliphatic hydroxyl groups excluding tert-OH is 1. The van der Waals surface area contributed by atoms with E-state index >= 15 is 0 Å². The molecule has 4 aliphatic carbocycles. The Morgan fingerprint density at radius 1 is 0.776 bits per heavy atom. The van der Waals surface area contributed by atoms with Gasteiger partial charge in [0.15, 0.2) is 0 Å². The van der Waals surface area contributed by atoms with Crippen LogP contribution in [0.25, 0.3) is 23.5 Å². The van der Waals surface area contributed by atoms with Crippen molar-refractivity contribution in [1.29, 1.82) is 0 Å². The van der Waals surface area contributed by atoms with Gasteiger partial charge in [-0.25, -0.2) is 18.1 Å². The predicted molar refractivity (Wildman–Crippen MR) is 232 cm³/mol. The van der Waals surface area contributed by atoms with Crippen LogP contribution in [0, 0.1) is 45.6 Å². The predicted octanol–water partition coefficient (Wildman–Crippen LogP) is 8.64. The van der Waals surface area contributed by atoms with E-state index in [-0.39, 0.29) is 87.9 Å². The zero-order valence-corrected chi connectivity index (χ0v) is 34.9. The smallest absolute Gasteiger partial charge is 0.392 e. The number of aldehydes is 1. The Hall–Kier alpha value is -3.51. The summed E-state index contributed by atoms with van der Waals surface area (Å²) in [5.74, 6) is 1.27. The molecule has 4 aliphatic rings. The molecule has 4 aromatic rings. The number of hydrogen-bond donors (Lipinski definition) is 1. The second-order valence-corrected chi connectivity index (χ2v) is 17.9. The van der Waals surface area contributed by atoms with E-state index in [2.05, 4.69) is 77.7 Å². The molecule has 8 rings (SSSR count). The van der Waals surface area contributed by atoms with Gasteiger partial charge in [-0.15, -0.1) is 0 Å². The summed E-state index contributed by atoms with van der Waals surface area (Å²) in [5, 5.41) is 20.2. The Morgan fingerprint density at radius 3 is 1.59 bits per heavy atom. The van der Waals surface area contributed by atoms with Gasteiger partial charge in [0.2, 0.25) is 0 Å². The van der Waals surface area contributed by atoms with Crippen LogP contribution in [0.4, 0.5) is 8.78 Å². The molecule has 5 atom stereocenters. The maximum Gasteiger partial charge on any atom is 1.00 e. The summed E-state index contributed by atoms with van der Waals surface area (Å²) in [5.41, 5.74) is 8.78. The first-order valence-corrected chi connectivity index (χ1v) is 19.5. The van der Waals surface area contributed by atoms with Gasteiger partial charge < -0.3 is 15.8 Å². The minimum Gasteiger partial charge on any atom is -0.392 e. The zero-order valence-electron chi connectivity index (χ0n) is 34.9. The average Bonchev–Trinajstić information content (AvgIpc) is 3.71. The summed E-state index contributed by atoms with van der Waals surface area (Å²) in [6, 6.07) is 12.9. The number of aliphatic hydroxyl groups is 1. The van der Waals surface area contributed by atoms with Crippen molar-refractivity contribution in [2.45, 2.75) is 128 Å². The van der Waals surface area contributed by atoms with Gasteiger partial charge in [-0.2, -0.15) is 31.0 Å². The molecule has 58 heavy (non-hydrogen) atoms. The van der Waals surface area contributed by atoms with Crippen LogP contribution >= 0.6 is 0 Å². The molecule has 0 amide bonds. The number of hydrogen-bond acceptors (Lipinski definition) is 4. The van der Waals surface area contributed by atoms with E-state index in [4.69, 9.17) is 0 Å². The third kappa shape index (κ3) is 10.3. The molecule has 307 valence electrons. The Morgan fingerprint density at radius 2 is 1.17 bits per heavy atom. The summed E-state index contributed by atoms with van der Waals surface area (Å²) < 4.78 is 30.2. The fraction of sp³-hybridized carbons (Fsp3) is 0.500. The van der Waals surface area contributed by atoms with Gasteiger partial charge in [0.25, 0.3) is 0 Å². The molecule has 0 unspecified atom stereocenters. The number of halogens is 2. The van der Waals surface area contributed by atoms with Crippen LogP contribution in [-0.4, -0.2) is 45.5 Å². The molecular weight excluding hydrogens is 720 g/mol. The molecular formula is C48H65BF2LiN4O2. The van der Waals surface area contributed by atoms with Crippen LogP contribution in [0.2, 0.25) is 0 Å². The second-order valence-electron chi connectivity index (χ2n) is 17.9. The minimum atomic E-state index is -0.333. The van der Waals surface area contributed by atoms with Crippen molar-refractivity contribution in [2.24, 2.45) is 28.1 Å². The number of carbonyl (C=O) groups excluding carboxylic acids is 1. The van der Waals surface area contributed by atoms with Crippen LogP contribution in [0.3, 0.4) is 0 Å². The third-order valence-corrected chi connectivity index (χ3v) is 12.1. The molecule has 3 radical (unpaired) electrons. The van der Waals surface area contributed by atoms with Gasteiger partial charge in [-0.3, -0.25) is 0 Å². The number of nitrogens with zero attached hydrogens (tertiary/aromatic N) is 4. The van der Waals surface area contributed by atoms with E-state index in [0.717, 1.165) is 86.0 Å². The van der Waals surface area contributed by atoms with Crippen LogP contribution in [0.5, 0.6) is 0 Å². The number of carbonyl (C=O) groups is 1. The summed E-state index contributed by atoms with van der Waals surface area (Å²) >= 11 is 0. The van der Waals surface area contributed by atoms with Crippen LogP contribution in [0.15, 0.2) is 72.1 Å². The monoisotopic (exact) mass is 786 g/mol. The Balaban J connectivity index is 0.000000347. The van der Waals surface area contributed by atoms with Crippen molar-refractivity contribution in [3.8, 4) is 11.4 Å². The molecule has 10 heteroatoms. The van der Waals surface area contributed by atoms with Crippen molar-refractivity contribution in [1.82, 2.24) is 19.6 Å². The van der Waals surface area contributed by atoms with E-state index in [1.54, 1.807) is 24.3 Å². The van der Waals surface area contributed by atoms with Crippen molar-refractivity contribution >= 4 is 26.9 Å². The summed E-state index contributed by atoms with van der Waals surface area (Å²) in [7, 11) is 0. The van der Waals surface area contributed by atoms with Crippen molar-refractivity contribution in [3.63, 3.8) is 0 Å². The first-order chi connectivity index (χ1) is 25.5. The zero-order chi connectivity index (χ0) is 39.0. The molecule has 2 aromatic carbocycles. The molecule has 0 saturated heterocycles. The Labute approximate surface area is 361 Å². The SMILES string of the molecule is C.C.CC(C)(C)[C@H](O)[C@H]1CCCC2=Cc3c(cnn3-c3ccc(F)cc3)C[C@@]21C.C[C-](C)C.C[C@]12Cc3cnn(-c4ccc(F)cc4)c3C=C1CCC[C@@H]2C=O.[B].[Li+]. The molecule has 0 aliphatic heterocycles. The standard InChI is InChI=1S/C23H29FN2O.C19H19FN2O.C4H9.2CH4.B.Li/c1-22(2,3)21(27)19-7-5-6-16-12-20-15(13-23(16,19)4)14-25-26(20)18-10-8-17(24)9-11-18;1-19-10-13-11-21-22(17-7-5-16(20)6-8-17)18(13)9-14(19)3-2-4-15(19)12-23;1-4(2)3;;;;/h8-12,14,19,21,27H,5-7,13H2,1-4H3;5-9,11-12,15H,2-4,10H2,1H3;1-3H3;2*1H4;;/q;;-1;;;;+1/t19-,21-,23+;15-,19+;;;;;/m11...../s1. The number of allylic oxidation sites excluding steroid dienone is 2. The summed E-state index contributed by atoms with van der Waals surface area (Å²) in [6.45, 7) is 17.1. The van der Waals surface area contributed by atoms with Gasteiger partial charge in [0.05, 0.1) is 41.3 Å². The number of fused-ring (bicyclic) bond motifs is 4. The Kier molecular flexibility index (Phi) is 17.6. The summed E-state index contributed by atoms with van der Waals surface area (Å²) in [4.78, 5) is 11.5. The molecule has 0 bridgehead atoms. The van der Waals surface area contributed by atoms with Crippen molar-refractivity contribution in [2.75, 3.05) is 0 Å². The van der Waals surface area contributed by atoms with Crippen LogP contribution in [0.1, 0.15) is 131 Å². The first kappa shape index (κ1) is 50.6. The number of benzene rings is 2. The van der Waals surface area contributed by atoms with Gasteiger partial charge in [-0.1, -0.05) is 60.6 Å². The second kappa shape index (κ2) is 20.2. The molecule has 2 fully saturated rings. The maximum absolute atomic E-state index is 13.3. The molecule has 2 heterocycles. The molecule has 0 spiro atoms. The summed E-state index contributed by atoms with van der Waals surface area (Å²) in [6.07, 6.45) is 17.1. The van der Waals surface area contributed by atoms with E-state index < -0.39 is 0 Å². The largest absolute Gasteiger partial charge is 1.00 e. The fourth-order valence-corrected chi connectivity index (χ4v) is 9.06. The Bertz CT molecular complexity index is 2010. The first-order valence-electron chi connectivity index (χ1n) is 19.5. The maximum atomic E-state index is 13.3. The fourth-order valence-electron chi connectivity index (χ4n) is 9.06. The van der Waals surface area contributed by atoms with E-state index in [1.807, 2.05) is 21.8 Å². The van der Waals surface area contributed by atoms with Crippen molar-refractivity contribution in [3.05, 3.63) is 112 Å². The normalized spacial score (nSPS) is 23.2. The van der Waals surface area contributed by atoms with Gasteiger partial charge in [-0.05, 0) is 140 Å².